The van der Waals surface area contributed by atoms with Crippen LogP contribution >= 0.6 is 0 Å². The Hall–Kier alpha value is -2.58. The standard InChI is InChI=1S/C22H26F3N3O2/c1-26(2)15-17-3-5-18(6-4-17)16-27-11-13-28(14-12-27)21(29)19-7-9-20(10-8-19)30-22(23,24)25/h3-10H,11-16H2,1-2H3. The van der Waals surface area contributed by atoms with Crippen LogP contribution in [0, 0.1) is 0 Å². The van der Waals surface area contributed by atoms with Crippen LogP contribution in [-0.2, 0) is 13.1 Å². The Balaban J connectivity index is 1.49. The van der Waals surface area contributed by atoms with Gasteiger partial charge in [-0.3, -0.25) is 9.69 Å². The number of ether oxygens (including phenoxy) is 1. The van der Waals surface area contributed by atoms with Gasteiger partial charge in [0.2, 0.25) is 0 Å². The monoisotopic (exact) mass is 421 g/mol. The molecule has 0 atom stereocenters. The second-order valence-corrected chi connectivity index (χ2v) is 7.69. The Kier molecular flexibility index (Phi) is 6.99. The van der Waals surface area contributed by atoms with E-state index >= 15 is 0 Å². The van der Waals surface area contributed by atoms with Gasteiger partial charge >= 0.3 is 6.36 Å². The molecule has 1 aliphatic heterocycles. The summed E-state index contributed by atoms with van der Waals surface area (Å²) in [5.74, 6) is -0.512. The minimum atomic E-state index is -4.74. The van der Waals surface area contributed by atoms with E-state index in [9.17, 15) is 18.0 Å². The summed E-state index contributed by atoms with van der Waals surface area (Å²) in [7, 11) is 4.08. The number of alkyl halides is 3. The summed E-state index contributed by atoms with van der Waals surface area (Å²) in [5.41, 5.74) is 2.86. The number of carbonyl (C=O) groups excluding carboxylic acids is 1. The van der Waals surface area contributed by atoms with Crippen molar-refractivity contribution in [3.8, 4) is 5.75 Å². The van der Waals surface area contributed by atoms with Gasteiger partial charge in [-0.15, -0.1) is 13.2 Å². The van der Waals surface area contributed by atoms with Crippen LogP contribution in [0.25, 0.3) is 0 Å². The average molecular weight is 421 g/mol. The molecule has 5 nitrogen and oxygen atoms in total. The first-order valence-electron chi connectivity index (χ1n) is 9.79. The van der Waals surface area contributed by atoms with Crippen LogP contribution in [0.4, 0.5) is 13.2 Å². The molecule has 0 N–H and O–H groups in total. The predicted octanol–water partition coefficient (Wildman–Crippen LogP) is 3.60. The fourth-order valence-electron chi connectivity index (χ4n) is 3.46. The molecule has 1 aliphatic rings. The van der Waals surface area contributed by atoms with Gasteiger partial charge in [0, 0.05) is 44.8 Å². The fourth-order valence-corrected chi connectivity index (χ4v) is 3.46. The number of benzene rings is 2. The quantitative estimate of drug-likeness (QED) is 0.714. The van der Waals surface area contributed by atoms with Crippen molar-refractivity contribution in [3.05, 3.63) is 65.2 Å². The Morgan fingerprint density at radius 2 is 1.50 bits per heavy atom. The lowest BCUT2D eigenvalue weighted by Gasteiger charge is -2.34. The summed E-state index contributed by atoms with van der Waals surface area (Å²) in [5, 5.41) is 0. The molecule has 8 heteroatoms. The summed E-state index contributed by atoms with van der Waals surface area (Å²) in [6, 6.07) is 13.6. The summed E-state index contributed by atoms with van der Waals surface area (Å²) in [6.45, 7) is 4.40. The molecule has 1 amide bonds. The molecule has 0 aliphatic carbocycles. The molecule has 30 heavy (non-hydrogen) atoms. The van der Waals surface area contributed by atoms with Gasteiger partial charge < -0.3 is 14.5 Å². The number of carbonyl (C=O) groups is 1. The molecule has 1 fully saturated rings. The molecular weight excluding hydrogens is 395 g/mol. The van der Waals surface area contributed by atoms with Crippen molar-refractivity contribution in [3.63, 3.8) is 0 Å². The summed E-state index contributed by atoms with van der Waals surface area (Å²) in [4.78, 5) is 18.8. The first kappa shape index (κ1) is 22.1. The topological polar surface area (TPSA) is 36.0 Å². The smallest absolute Gasteiger partial charge is 0.406 e. The molecule has 2 aromatic carbocycles. The molecular formula is C22H26F3N3O2. The lowest BCUT2D eigenvalue weighted by atomic mass is 10.1. The van der Waals surface area contributed by atoms with E-state index in [4.69, 9.17) is 0 Å². The number of hydrogen-bond acceptors (Lipinski definition) is 4. The van der Waals surface area contributed by atoms with Gasteiger partial charge in [0.1, 0.15) is 5.75 Å². The molecule has 0 saturated carbocycles. The van der Waals surface area contributed by atoms with Gasteiger partial charge in [-0.2, -0.15) is 0 Å². The zero-order valence-corrected chi connectivity index (χ0v) is 17.2. The lowest BCUT2D eigenvalue weighted by Crippen LogP contribution is -2.48. The summed E-state index contributed by atoms with van der Waals surface area (Å²) >= 11 is 0. The number of amides is 1. The minimum absolute atomic E-state index is 0.179. The molecule has 0 bridgehead atoms. The van der Waals surface area contributed by atoms with E-state index in [0.717, 1.165) is 38.3 Å². The second kappa shape index (κ2) is 9.49. The molecule has 1 heterocycles. The Morgan fingerprint density at radius 1 is 0.933 bits per heavy atom. The van der Waals surface area contributed by atoms with E-state index in [2.05, 4.69) is 38.8 Å². The zero-order valence-electron chi connectivity index (χ0n) is 17.2. The van der Waals surface area contributed by atoms with E-state index in [1.54, 1.807) is 4.90 Å². The van der Waals surface area contributed by atoms with Crippen LogP contribution in [0.5, 0.6) is 5.75 Å². The summed E-state index contributed by atoms with van der Waals surface area (Å²) in [6.07, 6.45) is -4.74. The number of halogens is 3. The average Bonchev–Trinajstić information content (AvgIpc) is 2.68. The third-order valence-corrected chi connectivity index (χ3v) is 4.92. The van der Waals surface area contributed by atoms with Gasteiger partial charge in [0.15, 0.2) is 0 Å². The molecule has 162 valence electrons. The molecule has 0 radical (unpaired) electrons. The van der Waals surface area contributed by atoms with Crippen molar-refractivity contribution in [2.24, 2.45) is 0 Å². The highest BCUT2D eigenvalue weighted by Crippen LogP contribution is 2.23. The highest BCUT2D eigenvalue weighted by molar-refractivity contribution is 5.94. The molecule has 2 aromatic rings. The maximum absolute atomic E-state index is 12.6. The molecule has 0 spiro atoms. The van der Waals surface area contributed by atoms with Crippen LogP contribution in [-0.4, -0.2) is 67.2 Å². The first-order chi connectivity index (χ1) is 14.2. The highest BCUT2D eigenvalue weighted by Gasteiger charge is 2.31. The number of rotatable bonds is 6. The van der Waals surface area contributed by atoms with Crippen molar-refractivity contribution in [1.82, 2.24) is 14.7 Å². The van der Waals surface area contributed by atoms with Gasteiger partial charge in [-0.25, -0.2) is 0 Å². The Labute approximate surface area is 174 Å². The van der Waals surface area contributed by atoms with E-state index in [1.807, 2.05) is 14.1 Å². The second-order valence-electron chi connectivity index (χ2n) is 7.69. The highest BCUT2D eigenvalue weighted by atomic mass is 19.4. The predicted molar refractivity (Wildman–Crippen MR) is 108 cm³/mol. The van der Waals surface area contributed by atoms with Crippen LogP contribution in [0.15, 0.2) is 48.5 Å². The maximum atomic E-state index is 12.6. The van der Waals surface area contributed by atoms with Gasteiger partial charge in [0.25, 0.3) is 5.91 Å². The van der Waals surface area contributed by atoms with Gasteiger partial charge in [-0.1, -0.05) is 24.3 Å². The zero-order chi connectivity index (χ0) is 21.7. The van der Waals surface area contributed by atoms with Crippen molar-refractivity contribution in [1.29, 1.82) is 0 Å². The molecule has 0 unspecified atom stereocenters. The molecule has 0 aromatic heterocycles. The first-order valence-corrected chi connectivity index (χ1v) is 9.79. The van der Waals surface area contributed by atoms with E-state index in [0.29, 0.717) is 18.7 Å². The van der Waals surface area contributed by atoms with E-state index < -0.39 is 6.36 Å². The van der Waals surface area contributed by atoms with Gasteiger partial charge in [-0.05, 0) is 49.5 Å². The maximum Gasteiger partial charge on any atom is 0.573 e. The van der Waals surface area contributed by atoms with Crippen molar-refractivity contribution in [2.75, 3.05) is 40.3 Å². The van der Waals surface area contributed by atoms with Gasteiger partial charge in [0.05, 0.1) is 0 Å². The SMILES string of the molecule is CN(C)Cc1ccc(CN2CCN(C(=O)c3ccc(OC(F)(F)F)cc3)CC2)cc1. The third-order valence-electron chi connectivity index (χ3n) is 4.92. The Morgan fingerprint density at radius 3 is 2.03 bits per heavy atom. The van der Waals surface area contributed by atoms with Crippen molar-refractivity contribution < 1.29 is 22.7 Å². The number of hydrogen-bond donors (Lipinski definition) is 0. The Bertz CT molecular complexity index is 828. The fraction of sp³-hybridized carbons (Fsp3) is 0.409. The lowest BCUT2D eigenvalue weighted by molar-refractivity contribution is -0.274. The third kappa shape index (κ3) is 6.47. The normalized spacial score (nSPS) is 15.5. The van der Waals surface area contributed by atoms with Crippen LogP contribution in [0.2, 0.25) is 0 Å². The minimum Gasteiger partial charge on any atom is -0.406 e. The largest absolute Gasteiger partial charge is 0.573 e. The van der Waals surface area contributed by atoms with Crippen LogP contribution < -0.4 is 4.74 Å². The summed E-state index contributed by atoms with van der Waals surface area (Å²) < 4.78 is 40.6. The van der Waals surface area contributed by atoms with E-state index in [1.165, 1.54) is 23.3 Å². The molecule has 3 rings (SSSR count). The van der Waals surface area contributed by atoms with Crippen LogP contribution in [0.3, 0.4) is 0 Å². The van der Waals surface area contributed by atoms with E-state index in [-0.39, 0.29) is 11.7 Å². The molecule has 1 saturated heterocycles. The van der Waals surface area contributed by atoms with Crippen LogP contribution in [0.1, 0.15) is 21.5 Å². The van der Waals surface area contributed by atoms with Crippen molar-refractivity contribution >= 4 is 5.91 Å². The number of piperazine rings is 1. The number of nitrogens with zero attached hydrogens (tertiary/aromatic N) is 3. The van der Waals surface area contributed by atoms with Crippen molar-refractivity contribution in [2.45, 2.75) is 19.5 Å².